The minimum Gasteiger partial charge on any atom is -0.360 e. The zero-order valence-corrected chi connectivity index (χ0v) is 9.92. The second kappa shape index (κ2) is 5.34. The number of nitrogens with zero attached hydrogens (tertiary/aromatic N) is 1. The molecule has 0 radical (unpaired) electrons. The highest BCUT2D eigenvalue weighted by Crippen LogP contribution is 2.23. The van der Waals surface area contributed by atoms with E-state index in [1.165, 1.54) is 0 Å². The number of aromatic nitrogens is 1. The molecule has 84 valence electrons. The van der Waals surface area contributed by atoms with Gasteiger partial charge in [0, 0.05) is 28.2 Å². The molecule has 0 amide bonds. The lowest BCUT2D eigenvalue weighted by atomic mass is 10.2. The Morgan fingerprint density at radius 3 is 2.50 bits per heavy atom. The summed E-state index contributed by atoms with van der Waals surface area (Å²) < 4.78 is 4.95. The highest BCUT2D eigenvalue weighted by molar-refractivity contribution is 6.35. The predicted octanol–water partition coefficient (Wildman–Crippen LogP) is 3.27. The first-order chi connectivity index (χ1) is 7.77. The van der Waals surface area contributed by atoms with Gasteiger partial charge >= 0.3 is 0 Å². The van der Waals surface area contributed by atoms with E-state index in [9.17, 15) is 0 Å². The minimum atomic E-state index is 0.596. The van der Waals surface area contributed by atoms with E-state index in [2.05, 4.69) is 10.5 Å². The maximum atomic E-state index is 6.03. The van der Waals surface area contributed by atoms with E-state index in [0.717, 1.165) is 11.3 Å². The van der Waals surface area contributed by atoms with Crippen molar-refractivity contribution in [3.8, 4) is 0 Å². The van der Waals surface area contributed by atoms with Crippen LogP contribution in [0.25, 0.3) is 0 Å². The summed E-state index contributed by atoms with van der Waals surface area (Å²) in [6.07, 6.45) is 1.61. The first-order valence-electron chi connectivity index (χ1n) is 4.80. The molecular formula is C11H10Cl2N2O. The molecule has 3 nitrogen and oxygen atoms in total. The highest BCUT2D eigenvalue weighted by Gasteiger charge is 2.05. The minimum absolute atomic E-state index is 0.596. The number of benzene rings is 1. The molecule has 0 unspecified atom stereocenters. The van der Waals surface area contributed by atoms with Crippen LogP contribution in [0, 0.1) is 0 Å². The van der Waals surface area contributed by atoms with Gasteiger partial charge in [-0.25, -0.2) is 0 Å². The molecule has 2 rings (SSSR count). The van der Waals surface area contributed by atoms with Gasteiger partial charge in [0.2, 0.25) is 0 Å². The molecule has 16 heavy (non-hydrogen) atoms. The van der Waals surface area contributed by atoms with Crippen molar-refractivity contribution < 1.29 is 4.52 Å². The molecule has 0 aliphatic heterocycles. The zero-order chi connectivity index (χ0) is 11.4. The first kappa shape index (κ1) is 11.5. The van der Waals surface area contributed by atoms with Crippen molar-refractivity contribution in [2.24, 2.45) is 0 Å². The van der Waals surface area contributed by atoms with E-state index >= 15 is 0 Å². The van der Waals surface area contributed by atoms with Crippen molar-refractivity contribution in [3.63, 3.8) is 0 Å². The fourth-order valence-corrected chi connectivity index (χ4v) is 1.88. The molecule has 0 bridgehead atoms. The quantitative estimate of drug-likeness (QED) is 0.913. The van der Waals surface area contributed by atoms with Crippen LogP contribution >= 0.6 is 23.2 Å². The van der Waals surface area contributed by atoms with Crippen LogP contribution in [0.5, 0.6) is 0 Å². The summed E-state index contributed by atoms with van der Waals surface area (Å²) in [4.78, 5) is 0. The Hall–Kier alpha value is -1.03. The molecule has 0 spiro atoms. The van der Waals surface area contributed by atoms with E-state index in [-0.39, 0.29) is 0 Å². The third-order valence-electron chi connectivity index (χ3n) is 2.15. The van der Waals surface area contributed by atoms with Crippen molar-refractivity contribution in [3.05, 3.63) is 51.8 Å². The average molecular weight is 257 g/mol. The van der Waals surface area contributed by atoms with Crippen molar-refractivity contribution >= 4 is 23.2 Å². The van der Waals surface area contributed by atoms with Crippen LogP contribution in [-0.2, 0) is 13.1 Å². The summed E-state index contributed by atoms with van der Waals surface area (Å²) in [5.74, 6) is 0.781. The maximum absolute atomic E-state index is 6.03. The fraction of sp³-hybridized carbons (Fsp3) is 0.182. The summed E-state index contributed by atoms with van der Waals surface area (Å²) >= 11 is 12.1. The van der Waals surface area contributed by atoms with Crippen LogP contribution in [0.4, 0.5) is 0 Å². The number of rotatable bonds is 4. The largest absolute Gasteiger partial charge is 0.360 e. The van der Waals surface area contributed by atoms with Gasteiger partial charge in [0.25, 0.3) is 0 Å². The summed E-state index contributed by atoms with van der Waals surface area (Å²) in [5, 5.41) is 8.13. The summed E-state index contributed by atoms with van der Waals surface area (Å²) in [6.45, 7) is 1.20. The van der Waals surface area contributed by atoms with Gasteiger partial charge in [0.05, 0.1) is 12.7 Å². The molecule has 0 saturated carbocycles. The third kappa shape index (κ3) is 2.76. The predicted molar refractivity (Wildman–Crippen MR) is 63.5 cm³/mol. The third-order valence-corrected chi connectivity index (χ3v) is 2.86. The molecule has 0 fully saturated rings. The number of hydrogen-bond acceptors (Lipinski definition) is 3. The Balaban J connectivity index is 1.95. The summed E-state index contributed by atoms with van der Waals surface area (Å²) in [6, 6.07) is 7.27. The molecule has 0 atom stereocenters. The number of nitrogens with one attached hydrogen (secondary N) is 1. The topological polar surface area (TPSA) is 38.1 Å². The van der Waals surface area contributed by atoms with Crippen LogP contribution in [0.2, 0.25) is 10.0 Å². The van der Waals surface area contributed by atoms with Gasteiger partial charge in [0.15, 0.2) is 0 Å². The Kier molecular flexibility index (Phi) is 3.83. The monoisotopic (exact) mass is 256 g/mol. The number of hydrogen-bond donors (Lipinski definition) is 1. The fourth-order valence-electron chi connectivity index (χ4n) is 1.35. The van der Waals surface area contributed by atoms with Gasteiger partial charge < -0.3 is 9.84 Å². The van der Waals surface area contributed by atoms with Crippen molar-refractivity contribution in [2.75, 3.05) is 0 Å². The smallest absolute Gasteiger partial charge is 0.150 e. The average Bonchev–Trinajstić information content (AvgIpc) is 2.75. The second-order valence-corrected chi connectivity index (χ2v) is 4.10. The van der Waals surface area contributed by atoms with E-state index in [1.54, 1.807) is 12.3 Å². The lowest BCUT2D eigenvalue weighted by Gasteiger charge is -2.07. The molecule has 1 aromatic heterocycles. The first-order valence-corrected chi connectivity index (χ1v) is 5.56. The van der Waals surface area contributed by atoms with Gasteiger partial charge in [-0.15, -0.1) is 0 Å². The van der Waals surface area contributed by atoms with Crippen LogP contribution in [0.15, 0.2) is 35.0 Å². The molecule has 2 aromatic rings. The van der Waals surface area contributed by atoms with Gasteiger partial charge in [-0.2, -0.15) is 0 Å². The lowest BCUT2D eigenvalue weighted by molar-refractivity contribution is 0.373. The number of halogens is 2. The molecule has 0 aliphatic carbocycles. The van der Waals surface area contributed by atoms with Crippen molar-refractivity contribution in [1.29, 1.82) is 0 Å². The molecular weight excluding hydrogens is 247 g/mol. The summed E-state index contributed by atoms with van der Waals surface area (Å²) in [7, 11) is 0. The van der Waals surface area contributed by atoms with Gasteiger partial charge in [-0.1, -0.05) is 34.4 Å². The molecule has 1 aromatic carbocycles. The van der Waals surface area contributed by atoms with E-state index in [0.29, 0.717) is 23.1 Å². The zero-order valence-electron chi connectivity index (χ0n) is 8.41. The summed E-state index contributed by atoms with van der Waals surface area (Å²) in [5.41, 5.74) is 0.894. The van der Waals surface area contributed by atoms with Crippen LogP contribution < -0.4 is 5.32 Å². The standard InChI is InChI=1S/C11H10Cl2N2O/c12-10-2-1-3-11(13)9(10)7-14-6-8-4-5-15-16-8/h1-5,14H,6-7H2. The van der Waals surface area contributed by atoms with Crippen LogP contribution in [-0.4, -0.2) is 5.16 Å². The highest BCUT2D eigenvalue weighted by atomic mass is 35.5. The Morgan fingerprint density at radius 1 is 1.12 bits per heavy atom. The van der Waals surface area contributed by atoms with Gasteiger partial charge in [0.1, 0.15) is 5.76 Å². The normalized spacial score (nSPS) is 10.6. The molecule has 5 heteroatoms. The van der Waals surface area contributed by atoms with E-state index < -0.39 is 0 Å². The molecule has 0 aliphatic rings. The SMILES string of the molecule is Clc1cccc(Cl)c1CNCc1ccno1. The van der Waals surface area contributed by atoms with Crippen LogP contribution in [0.3, 0.4) is 0 Å². The van der Waals surface area contributed by atoms with E-state index in [1.807, 2.05) is 18.2 Å². The van der Waals surface area contributed by atoms with Crippen LogP contribution in [0.1, 0.15) is 11.3 Å². The van der Waals surface area contributed by atoms with E-state index in [4.69, 9.17) is 27.7 Å². The molecule has 1 heterocycles. The lowest BCUT2D eigenvalue weighted by Crippen LogP contribution is -2.12. The Bertz CT molecular complexity index is 437. The van der Waals surface area contributed by atoms with Gasteiger partial charge in [-0.05, 0) is 12.1 Å². The Morgan fingerprint density at radius 2 is 1.88 bits per heavy atom. The second-order valence-electron chi connectivity index (χ2n) is 3.28. The molecule has 1 N–H and O–H groups in total. The maximum Gasteiger partial charge on any atom is 0.150 e. The van der Waals surface area contributed by atoms with Crippen molar-refractivity contribution in [2.45, 2.75) is 13.1 Å². The molecule has 0 saturated heterocycles. The van der Waals surface area contributed by atoms with Gasteiger partial charge in [-0.3, -0.25) is 0 Å². The van der Waals surface area contributed by atoms with Crippen molar-refractivity contribution in [1.82, 2.24) is 10.5 Å². The Labute approximate surface area is 103 Å².